The molecule has 1 aliphatic carbocycles. The SMILES string of the molecule is Brc1cnc2c(c1)NC1(CCCC1)N2. The second-order valence-corrected chi connectivity index (χ2v) is 5.00. The van der Waals surface area contributed by atoms with Gasteiger partial charge in [0.1, 0.15) is 5.66 Å². The van der Waals surface area contributed by atoms with Crippen LogP contribution in [0.2, 0.25) is 0 Å². The van der Waals surface area contributed by atoms with Gasteiger partial charge in [-0.3, -0.25) is 0 Å². The lowest BCUT2D eigenvalue weighted by molar-refractivity contribution is 0.565. The summed E-state index contributed by atoms with van der Waals surface area (Å²) >= 11 is 3.43. The molecular formula is C10H12BrN3. The molecule has 0 radical (unpaired) electrons. The maximum Gasteiger partial charge on any atom is 0.151 e. The van der Waals surface area contributed by atoms with E-state index in [0.29, 0.717) is 0 Å². The van der Waals surface area contributed by atoms with Gasteiger partial charge in [0.05, 0.1) is 5.69 Å². The zero-order valence-corrected chi connectivity index (χ0v) is 9.39. The zero-order valence-electron chi connectivity index (χ0n) is 7.81. The summed E-state index contributed by atoms with van der Waals surface area (Å²) in [5, 5.41) is 7.04. The predicted molar refractivity (Wildman–Crippen MR) is 60.4 cm³/mol. The van der Waals surface area contributed by atoms with Crippen LogP contribution in [0.4, 0.5) is 11.5 Å². The molecule has 0 unspecified atom stereocenters. The van der Waals surface area contributed by atoms with Gasteiger partial charge < -0.3 is 10.6 Å². The van der Waals surface area contributed by atoms with E-state index in [4.69, 9.17) is 0 Å². The van der Waals surface area contributed by atoms with Crippen molar-refractivity contribution in [3.63, 3.8) is 0 Å². The molecule has 3 rings (SSSR count). The molecular weight excluding hydrogens is 242 g/mol. The van der Waals surface area contributed by atoms with Crippen LogP contribution in [0, 0.1) is 0 Å². The number of pyridine rings is 1. The Labute approximate surface area is 91.4 Å². The summed E-state index contributed by atoms with van der Waals surface area (Å²) in [7, 11) is 0. The highest BCUT2D eigenvalue weighted by Gasteiger charge is 2.39. The summed E-state index contributed by atoms with van der Waals surface area (Å²) in [6.07, 6.45) is 6.83. The Kier molecular flexibility index (Phi) is 1.74. The van der Waals surface area contributed by atoms with E-state index in [9.17, 15) is 0 Å². The van der Waals surface area contributed by atoms with Crippen LogP contribution in [-0.4, -0.2) is 10.6 Å². The first-order valence-electron chi connectivity index (χ1n) is 4.99. The van der Waals surface area contributed by atoms with Gasteiger partial charge in [0.2, 0.25) is 0 Å². The number of nitrogens with one attached hydrogen (secondary N) is 2. The van der Waals surface area contributed by atoms with Gasteiger partial charge in [-0.15, -0.1) is 0 Å². The molecule has 2 aliphatic rings. The van der Waals surface area contributed by atoms with Crippen LogP contribution in [0.25, 0.3) is 0 Å². The van der Waals surface area contributed by atoms with Crippen LogP contribution in [0.3, 0.4) is 0 Å². The average molecular weight is 254 g/mol. The van der Waals surface area contributed by atoms with E-state index >= 15 is 0 Å². The van der Waals surface area contributed by atoms with Crippen molar-refractivity contribution in [1.29, 1.82) is 0 Å². The smallest absolute Gasteiger partial charge is 0.151 e. The fraction of sp³-hybridized carbons (Fsp3) is 0.500. The average Bonchev–Trinajstić information content (AvgIpc) is 2.72. The number of hydrogen-bond acceptors (Lipinski definition) is 3. The Morgan fingerprint density at radius 2 is 2.07 bits per heavy atom. The monoisotopic (exact) mass is 253 g/mol. The number of anilines is 2. The Morgan fingerprint density at radius 1 is 1.29 bits per heavy atom. The van der Waals surface area contributed by atoms with Crippen LogP contribution in [0.5, 0.6) is 0 Å². The topological polar surface area (TPSA) is 37.0 Å². The molecule has 0 saturated heterocycles. The largest absolute Gasteiger partial charge is 0.360 e. The standard InChI is InChI=1S/C10H12BrN3/c11-7-5-8-9(12-6-7)14-10(13-8)3-1-2-4-10/h5-6,13H,1-4H2,(H,12,14). The molecule has 0 bridgehead atoms. The molecule has 1 aromatic heterocycles. The van der Waals surface area contributed by atoms with E-state index in [1.54, 1.807) is 0 Å². The van der Waals surface area contributed by atoms with Gasteiger partial charge in [0, 0.05) is 10.7 Å². The van der Waals surface area contributed by atoms with Gasteiger partial charge in [-0.1, -0.05) is 0 Å². The fourth-order valence-corrected chi connectivity index (χ4v) is 2.71. The van der Waals surface area contributed by atoms with Gasteiger partial charge in [-0.05, 0) is 47.7 Å². The van der Waals surface area contributed by atoms with E-state index in [0.717, 1.165) is 16.0 Å². The molecule has 1 aromatic rings. The molecule has 3 nitrogen and oxygen atoms in total. The third kappa shape index (κ3) is 1.21. The molecule has 0 amide bonds. The molecule has 1 saturated carbocycles. The number of fused-ring (bicyclic) bond motifs is 1. The van der Waals surface area contributed by atoms with Crippen molar-refractivity contribution in [1.82, 2.24) is 4.98 Å². The second-order valence-electron chi connectivity index (χ2n) is 4.09. The highest BCUT2D eigenvalue weighted by Crippen LogP contribution is 2.41. The van der Waals surface area contributed by atoms with Crippen molar-refractivity contribution in [2.75, 3.05) is 10.6 Å². The Balaban J connectivity index is 1.96. The molecule has 0 atom stereocenters. The quantitative estimate of drug-likeness (QED) is 0.747. The van der Waals surface area contributed by atoms with Crippen molar-refractivity contribution >= 4 is 27.4 Å². The molecule has 14 heavy (non-hydrogen) atoms. The normalized spacial score (nSPS) is 21.8. The number of halogens is 1. The minimum atomic E-state index is 0.107. The van der Waals surface area contributed by atoms with Gasteiger partial charge >= 0.3 is 0 Å². The van der Waals surface area contributed by atoms with Gasteiger partial charge in [0.15, 0.2) is 5.82 Å². The number of aromatic nitrogens is 1. The summed E-state index contributed by atoms with van der Waals surface area (Å²) < 4.78 is 1.03. The molecule has 1 aliphatic heterocycles. The third-order valence-corrected chi connectivity index (χ3v) is 3.48. The lowest BCUT2D eigenvalue weighted by Gasteiger charge is -2.24. The summed E-state index contributed by atoms with van der Waals surface area (Å²) in [5.41, 5.74) is 1.23. The molecule has 1 spiro atoms. The zero-order chi connectivity index (χ0) is 9.60. The van der Waals surface area contributed by atoms with Crippen LogP contribution < -0.4 is 10.6 Å². The lowest BCUT2D eigenvalue weighted by atomic mass is 10.1. The first kappa shape index (κ1) is 8.53. The Morgan fingerprint density at radius 3 is 2.86 bits per heavy atom. The summed E-state index contributed by atoms with van der Waals surface area (Å²) in [5.74, 6) is 0.995. The summed E-state index contributed by atoms with van der Waals surface area (Å²) in [4.78, 5) is 4.36. The van der Waals surface area contributed by atoms with Crippen molar-refractivity contribution in [3.8, 4) is 0 Å². The van der Waals surface area contributed by atoms with Gasteiger partial charge in [-0.25, -0.2) is 4.98 Å². The van der Waals surface area contributed by atoms with Crippen LogP contribution in [0.15, 0.2) is 16.7 Å². The fourth-order valence-electron chi connectivity index (χ4n) is 2.38. The number of hydrogen-bond donors (Lipinski definition) is 2. The van der Waals surface area contributed by atoms with E-state index in [-0.39, 0.29) is 5.66 Å². The van der Waals surface area contributed by atoms with E-state index < -0.39 is 0 Å². The number of rotatable bonds is 0. The van der Waals surface area contributed by atoms with Gasteiger partial charge in [0.25, 0.3) is 0 Å². The third-order valence-electron chi connectivity index (χ3n) is 3.04. The minimum absolute atomic E-state index is 0.107. The first-order valence-corrected chi connectivity index (χ1v) is 5.79. The van der Waals surface area contributed by atoms with Crippen LogP contribution >= 0.6 is 15.9 Å². The maximum atomic E-state index is 4.36. The molecule has 0 aromatic carbocycles. The summed E-state index contributed by atoms with van der Waals surface area (Å²) in [6, 6.07) is 2.09. The van der Waals surface area contributed by atoms with E-state index in [1.165, 1.54) is 25.7 Å². The van der Waals surface area contributed by atoms with Crippen LogP contribution in [0.1, 0.15) is 25.7 Å². The number of nitrogens with zero attached hydrogens (tertiary/aromatic N) is 1. The molecule has 1 fully saturated rings. The first-order chi connectivity index (χ1) is 6.77. The van der Waals surface area contributed by atoms with Crippen molar-refractivity contribution in [2.45, 2.75) is 31.3 Å². The second kappa shape index (κ2) is 2.86. The minimum Gasteiger partial charge on any atom is -0.360 e. The molecule has 2 heterocycles. The van der Waals surface area contributed by atoms with Crippen molar-refractivity contribution < 1.29 is 0 Å². The van der Waals surface area contributed by atoms with Crippen molar-refractivity contribution in [3.05, 3.63) is 16.7 Å². The lowest BCUT2D eigenvalue weighted by Crippen LogP contribution is -2.38. The predicted octanol–water partition coefficient (Wildman–Crippen LogP) is 2.95. The van der Waals surface area contributed by atoms with Crippen LogP contribution in [-0.2, 0) is 0 Å². The molecule has 74 valence electrons. The highest BCUT2D eigenvalue weighted by atomic mass is 79.9. The Bertz CT molecular complexity index is 372. The Hall–Kier alpha value is -0.770. The van der Waals surface area contributed by atoms with Gasteiger partial charge in [-0.2, -0.15) is 0 Å². The summed E-state index contributed by atoms with van der Waals surface area (Å²) in [6.45, 7) is 0. The van der Waals surface area contributed by atoms with E-state index in [2.05, 4.69) is 37.6 Å². The maximum absolute atomic E-state index is 4.36. The van der Waals surface area contributed by atoms with Crippen molar-refractivity contribution in [2.24, 2.45) is 0 Å². The highest BCUT2D eigenvalue weighted by molar-refractivity contribution is 9.10. The molecule has 4 heteroatoms. The van der Waals surface area contributed by atoms with E-state index in [1.807, 2.05) is 6.20 Å². The molecule has 2 N–H and O–H groups in total.